The topological polar surface area (TPSA) is 49.8 Å². The van der Waals surface area contributed by atoms with Crippen molar-refractivity contribution in [3.8, 4) is 6.07 Å². The number of nitrogens with zero attached hydrogens (tertiary/aromatic N) is 2. The number of aromatic nitrogens is 1. The Balaban J connectivity index is 3.01. The van der Waals surface area contributed by atoms with Crippen molar-refractivity contribution in [2.45, 2.75) is 72.6 Å². The number of nitriles is 1. The van der Waals surface area contributed by atoms with Gasteiger partial charge in [0.2, 0.25) is 0 Å². The molecule has 0 bridgehead atoms. The van der Waals surface area contributed by atoms with Gasteiger partial charge in [0.05, 0.1) is 0 Å². The molecule has 1 heterocycles. The fraction of sp³-hybridized carbons (Fsp3) is 0.750. The zero-order chi connectivity index (χ0) is 14.8. The van der Waals surface area contributed by atoms with E-state index >= 15 is 0 Å². The molecule has 0 atom stereocenters. The normalized spacial score (nSPS) is 11.5. The Bertz CT molecular complexity index is 401. The summed E-state index contributed by atoms with van der Waals surface area (Å²) in [5.41, 5.74) is 0.463. The molecule has 0 radical (unpaired) electrons. The van der Waals surface area contributed by atoms with Gasteiger partial charge in [-0.25, -0.2) is 0 Å². The predicted molar refractivity (Wildman–Crippen MR) is 85.8 cm³/mol. The third-order valence-electron chi connectivity index (χ3n) is 4.17. The van der Waals surface area contributed by atoms with E-state index in [4.69, 9.17) is 9.78 Å². The SMILES string of the molecule is CCC[CH2][Sn]([CH2]CCC)([CH2]CCC)[c]1cc(C#N)no1. The van der Waals surface area contributed by atoms with Crippen LogP contribution in [0, 0.1) is 11.3 Å². The van der Waals surface area contributed by atoms with Gasteiger partial charge < -0.3 is 0 Å². The van der Waals surface area contributed by atoms with Crippen LogP contribution in [0.5, 0.6) is 0 Å². The van der Waals surface area contributed by atoms with Gasteiger partial charge in [-0.3, -0.25) is 0 Å². The van der Waals surface area contributed by atoms with Crippen LogP contribution in [0.4, 0.5) is 0 Å². The van der Waals surface area contributed by atoms with Gasteiger partial charge in [0.1, 0.15) is 0 Å². The van der Waals surface area contributed by atoms with Gasteiger partial charge in [0.15, 0.2) is 0 Å². The molecule has 0 saturated carbocycles. The molecule has 3 nitrogen and oxygen atoms in total. The van der Waals surface area contributed by atoms with Crippen molar-refractivity contribution in [1.82, 2.24) is 5.16 Å². The summed E-state index contributed by atoms with van der Waals surface area (Å²) in [5, 5.41) is 12.9. The van der Waals surface area contributed by atoms with E-state index in [-0.39, 0.29) is 0 Å². The summed E-state index contributed by atoms with van der Waals surface area (Å²) in [6.07, 6.45) is 7.63. The van der Waals surface area contributed by atoms with Crippen LogP contribution in [-0.4, -0.2) is 23.5 Å². The molecule has 4 heteroatoms. The molecule has 112 valence electrons. The molecule has 0 spiro atoms. The first-order valence-electron chi connectivity index (χ1n) is 8.09. The molecular weight excluding hydrogens is 355 g/mol. The van der Waals surface area contributed by atoms with E-state index < -0.39 is 18.4 Å². The zero-order valence-corrected chi connectivity index (χ0v) is 16.1. The third-order valence-corrected chi connectivity index (χ3v) is 19.1. The molecule has 0 aliphatic heterocycles. The summed E-state index contributed by atoms with van der Waals surface area (Å²) < 4.78 is 10.8. The Morgan fingerprint density at radius 1 is 1.05 bits per heavy atom. The van der Waals surface area contributed by atoms with E-state index in [0.29, 0.717) is 5.69 Å². The van der Waals surface area contributed by atoms with Gasteiger partial charge in [0, 0.05) is 0 Å². The molecule has 1 aromatic rings. The molecule has 0 fully saturated rings. The monoisotopic (exact) mass is 384 g/mol. The zero-order valence-electron chi connectivity index (χ0n) is 13.2. The van der Waals surface area contributed by atoms with Crippen molar-refractivity contribution in [2.24, 2.45) is 0 Å². The Morgan fingerprint density at radius 2 is 1.55 bits per heavy atom. The van der Waals surface area contributed by atoms with Crippen LogP contribution in [-0.2, 0) is 0 Å². The molecule has 0 amide bonds. The van der Waals surface area contributed by atoms with E-state index in [0.717, 1.165) is 3.78 Å². The number of hydrogen-bond acceptors (Lipinski definition) is 3. The predicted octanol–water partition coefficient (Wildman–Crippen LogP) is 4.60. The molecule has 0 aliphatic carbocycles. The Labute approximate surface area is 127 Å². The quantitative estimate of drug-likeness (QED) is 0.555. The van der Waals surface area contributed by atoms with Crippen LogP contribution in [0.3, 0.4) is 0 Å². The van der Waals surface area contributed by atoms with Crippen molar-refractivity contribution in [3.05, 3.63) is 11.8 Å². The molecule has 0 aromatic carbocycles. The van der Waals surface area contributed by atoms with E-state index in [2.05, 4.69) is 32.0 Å². The van der Waals surface area contributed by atoms with Gasteiger partial charge >= 0.3 is 128 Å². The van der Waals surface area contributed by atoms with Gasteiger partial charge in [-0.1, -0.05) is 0 Å². The van der Waals surface area contributed by atoms with E-state index in [1.54, 1.807) is 0 Å². The van der Waals surface area contributed by atoms with Crippen LogP contribution in [0.1, 0.15) is 65.0 Å². The standard InChI is InChI=1S/C4HN2O.3C4H9.Sn/c5-3-4-1-2-7-6-4;3*1-3-4-2;/h1H;3*1,3-4H2,2H3;. The van der Waals surface area contributed by atoms with Gasteiger partial charge in [-0.15, -0.1) is 0 Å². The first-order chi connectivity index (χ1) is 9.72. The molecular formula is C16H28N2OSn. The number of rotatable bonds is 10. The molecule has 20 heavy (non-hydrogen) atoms. The minimum atomic E-state index is -2.48. The van der Waals surface area contributed by atoms with E-state index in [1.807, 2.05) is 6.07 Å². The van der Waals surface area contributed by atoms with Crippen LogP contribution in [0.15, 0.2) is 10.6 Å². The summed E-state index contributed by atoms with van der Waals surface area (Å²) in [6.45, 7) is 6.78. The molecule has 0 saturated heterocycles. The second kappa shape index (κ2) is 9.44. The van der Waals surface area contributed by atoms with Crippen LogP contribution < -0.4 is 3.78 Å². The van der Waals surface area contributed by atoms with Gasteiger partial charge in [0.25, 0.3) is 0 Å². The minimum absolute atomic E-state index is 0.463. The molecule has 1 rings (SSSR count). The van der Waals surface area contributed by atoms with Crippen molar-refractivity contribution < 1.29 is 4.52 Å². The van der Waals surface area contributed by atoms with E-state index in [1.165, 1.54) is 51.8 Å². The summed E-state index contributed by atoms with van der Waals surface area (Å²) in [5.74, 6) is 0. The van der Waals surface area contributed by atoms with Gasteiger partial charge in [-0.05, 0) is 0 Å². The summed E-state index contributed by atoms with van der Waals surface area (Å²) in [7, 11) is 0. The first kappa shape index (κ1) is 17.5. The number of hydrogen-bond donors (Lipinski definition) is 0. The van der Waals surface area contributed by atoms with Crippen molar-refractivity contribution >= 4 is 22.2 Å². The van der Waals surface area contributed by atoms with Crippen LogP contribution in [0.25, 0.3) is 0 Å². The molecule has 0 N–H and O–H groups in total. The third kappa shape index (κ3) is 4.80. The fourth-order valence-corrected chi connectivity index (χ4v) is 17.9. The maximum absolute atomic E-state index is 9.00. The molecule has 0 unspecified atom stereocenters. The fourth-order valence-electron chi connectivity index (χ4n) is 2.87. The second-order valence-electron chi connectivity index (χ2n) is 5.78. The van der Waals surface area contributed by atoms with Crippen LogP contribution in [0.2, 0.25) is 13.3 Å². The van der Waals surface area contributed by atoms with E-state index in [9.17, 15) is 0 Å². The first-order valence-corrected chi connectivity index (χ1v) is 15.6. The van der Waals surface area contributed by atoms with Crippen molar-refractivity contribution in [3.63, 3.8) is 0 Å². The maximum atomic E-state index is 9.00. The summed E-state index contributed by atoms with van der Waals surface area (Å²) >= 11 is -2.48. The Morgan fingerprint density at radius 3 is 1.90 bits per heavy atom. The Kier molecular flexibility index (Phi) is 8.28. The number of unbranched alkanes of at least 4 members (excludes halogenated alkanes) is 3. The van der Waals surface area contributed by atoms with Crippen LogP contribution >= 0.6 is 0 Å². The second-order valence-corrected chi connectivity index (χ2v) is 18.8. The van der Waals surface area contributed by atoms with Gasteiger partial charge in [-0.2, -0.15) is 0 Å². The molecule has 1 aromatic heterocycles. The molecule has 0 aliphatic rings. The summed E-state index contributed by atoms with van der Waals surface area (Å²) in [4.78, 5) is 0. The van der Waals surface area contributed by atoms with Crippen molar-refractivity contribution in [2.75, 3.05) is 0 Å². The average Bonchev–Trinajstić information content (AvgIpc) is 2.96. The average molecular weight is 383 g/mol. The van der Waals surface area contributed by atoms with Crippen molar-refractivity contribution in [1.29, 1.82) is 5.26 Å². The Hall–Kier alpha value is -0.501. The summed E-state index contributed by atoms with van der Waals surface area (Å²) in [6, 6.07) is 4.07.